The van der Waals surface area contributed by atoms with Crippen molar-refractivity contribution in [2.45, 2.75) is 11.8 Å². The van der Waals surface area contributed by atoms with Crippen molar-refractivity contribution >= 4 is 42.7 Å². The molecule has 4 rings (SSSR count). The number of primary sulfonamides is 1. The lowest BCUT2D eigenvalue weighted by atomic mass is 10.0. The average Bonchev–Trinajstić information content (AvgIpc) is 3.24. The topological polar surface area (TPSA) is 177 Å². The summed E-state index contributed by atoms with van der Waals surface area (Å²) in [6.45, 7) is 1.53. The quantitative estimate of drug-likeness (QED) is 0.249. The van der Waals surface area contributed by atoms with E-state index in [9.17, 15) is 26.0 Å². The second-order valence-corrected chi connectivity index (χ2v) is 10.5. The number of sulfonamides is 1. The number of pyridine rings is 1. The minimum Gasteiger partial charge on any atom is -0.287 e. The molecule has 0 aliphatic rings. The molecule has 188 valence electrons. The molecule has 0 unspecified atom stereocenters. The van der Waals surface area contributed by atoms with Crippen LogP contribution in [0.1, 0.15) is 23.0 Å². The van der Waals surface area contributed by atoms with Gasteiger partial charge >= 0.3 is 0 Å². The lowest BCUT2D eigenvalue weighted by Crippen LogP contribution is -2.30. The number of carbonyl (C=O) groups excluding carboxylic acids is 1. The van der Waals surface area contributed by atoms with Crippen molar-refractivity contribution < 1.29 is 30.4 Å². The minimum atomic E-state index is -4.15. The molecule has 0 saturated carbocycles. The number of nitrogens with two attached hydrogens (primary N) is 1. The number of hydrogen-bond donors (Lipinski definition) is 4. The third kappa shape index (κ3) is 4.94. The van der Waals surface area contributed by atoms with Crippen LogP contribution in [0, 0.1) is 11.6 Å². The molecule has 2 aromatic carbocycles. The summed E-state index contributed by atoms with van der Waals surface area (Å²) in [5.41, 5.74) is -0.879. The SMILES string of the molecule is CCNS(=O)(=O)Nc1ccc(F)c(C(=O)c2n[nH]c3ncc(-c4ccc(S(N)(=O)=O)cc4)cc23)c1F. The third-order valence-corrected chi connectivity index (χ3v) is 7.13. The highest BCUT2D eigenvalue weighted by Gasteiger charge is 2.27. The van der Waals surface area contributed by atoms with Gasteiger partial charge in [0.25, 0.3) is 10.2 Å². The van der Waals surface area contributed by atoms with Gasteiger partial charge in [-0.2, -0.15) is 18.2 Å². The highest BCUT2D eigenvalue weighted by molar-refractivity contribution is 7.90. The van der Waals surface area contributed by atoms with Gasteiger partial charge in [-0.1, -0.05) is 19.1 Å². The maximum atomic E-state index is 15.1. The summed E-state index contributed by atoms with van der Waals surface area (Å²) in [6, 6.07) is 8.63. The zero-order chi connectivity index (χ0) is 26.3. The Balaban J connectivity index is 1.76. The number of carbonyl (C=O) groups is 1. The number of fused-ring (bicyclic) bond motifs is 1. The van der Waals surface area contributed by atoms with Gasteiger partial charge in [0, 0.05) is 18.3 Å². The van der Waals surface area contributed by atoms with Gasteiger partial charge in [0.15, 0.2) is 11.5 Å². The van der Waals surface area contributed by atoms with Crippen LogP contribution >= 0.6 is 0 Å². The van der Waals surface area contributed by atoms with E-state index in [1.807, 2.05) is 4.72 Å². The van der Waals surface area contributed by atoms with Crippen LogP contribution in [0.3, 0.4) is 0 Å². The van der Waals surface area contributed by atoms with E-state index in [1.165, 1.54) is 43.5 Å². The Bertz CT molecular complexity index is 1700. The number of H-pyrrole nitrogens is 1. The predicted molar refractivity (Wildman–Crippen MR) is 127 cm³/mol. The highest BCUT2D eigenvalue weighted by atomic mass is 32.2. The molecule has 0 aliphatic heterocycles. The summed E-state index contributed by atoms with van der Waals surface area (Å²) in [5.74, 6) is -3.78. The second kappa shape index (κ2) is 9.34. The van der Waals surface area contributed by atoms with Crippen LogP contribution in [0.4, 0.5) is 14.5 Å². The van der Waals surface area contributed by atoms with Crippen LogP contribution in [-0.4, -0.2) is 44.3 Å². The maximum absolute atomic E-state index is 15.1. The Morgan fingerprint density at radius 1 is 1.06 bits per heavy atom. The molecule has 0 atom stereocenters. The molecule has 4 aromatic rings. The fraction of sp³-hybridized carbons (Fsp3) is 0.0952. The molecular weight excluding hydrogens is 518 g/mol. The van der Waals surface area contributed by atoms with Gasteiger partial charge in [-0.15, -0.1) is 0 Å². The molecule has 15 heteroatoms. The number of anilines is 1. The fourth-order valence-corrected chi connectivity index (χ4v) is 4.82. The fourth-order valence-electron chi connectivity index (χ4n) is 3.40. The number of ketones is 1. The summed E-state index contributed by atoms with van der Waals surface area (Å²) < 4.78 is 80.5. The molecule has 11 nitrogen and oxygen atoms in total. The lowest BCUT2D eigenvalue weighted by molar-refractivity contribution is 0.102. The number of aromatic nitrogens is 3. The first-order valence-corrected chi connectivity index (χ1v) is 13.2. The van der Waals surface area contributed by atoms with Gasteiger partial charge in [-0.3, -0.25) is 14.6 Å². The Morgan fingerprint density at radius 2 is 1.75 bits per heavy atom. The van der Waals surface area contributed by atoms with Gasteiger partial charge < -0.3 is 0 Å². The van der Waals surface area contributed by atoms with Crippen LogP contribution in [0.5, 0.6) is 0 Å². The zero-order valence-electron chi connectivity index (χ0n) is 18.4. The number of benzene rings is 2. The molecule has 0 fully saturated rings. The van der Waals surface area contributed by atoms with Crippen molar-refractivity contribution in [3.8, 4) is 11.1 Å². The molecule has 0 saturated heterocycles. The molecule has 0 aliphatic carbocycles. The van der Waals surface area contributed by atoms with Crippen LogP contribution < -0.4 is 14.6 Å². The Hall–Kier alpha value is -3.79. The second-order valence-electron chi connectivity index (χ2n) is 7.48. The first-order chi connectivity index (χ1) is 16.9. The average molecular weight is 537 g/mol. The van der Waals surface area contributed by atoms with Crippen LogP contribution in [0.2, 0.25) is 0 Å². The molecule has 0 amide bonds. The van der Waals surface area contributed by atoms with E-state index >= 15 is 4.39 Å². The normalized spacial score (nSPS) is 12.1. The van der Waals surface area contributed by atoms with E-state index in [4.69, 9.17) is 5.14 Å². The summed E-state index contributed by atoms with van der Waals surface area (Å²) in [5, 5.41) is 11.6. The van der Waals surface area contributed by atoms with Crippen LogP contribution in [-0.2, 0) is 20.2 Å². The van der Waals surface area contributed by atoms with Gasteiger partial charge in [0.05, 0.1) is 21.5 Å². The van der Waals surface area contributed by atoms with E-state index in [2.05, 4.69) is 19.9 Å². The highest BCUT2D eigenvalue weighted by Crippen LogP contribution is 2.29. The summed E-state index contributed by atoms with van der Waals surface area (Å²) in [7, 11) is -8.05. The minimum absolute atomic E-state index is 0.0172. The van der Waals surface area contributed by atoms with E-state index in [0.717, 1.165) is 12.1 Å². The molecule has 2 heterocycles. The standard InChI is InChI=1S/C21H18F2N6O5S2/c1-2-26-36(33,34)29-16-8-7-15(22)17(18(16)23)20(30)19-14-9-12(10-25-21(14)28-27-19)11-3-5-13(6-4-11)35(24,31)32/h3-10,26,29H,2H2,1H3,(H2,24,31,32)(H,25,27,28). The molecule has 0 spiro atoms. The number of halogens is 2. The summed E-state index contributed by atoms with van der Waals surface area (Å²) in [4.78, 5) is 17.2. The molecule has 5 N–H and O–H groups in total. The number of nitrogens with one attached hydrogen (secondary N) is 3. The van der Waals surface area contributed by atoms with Crippen molar-refractivity contribution in [2.75, 3.05) is 11.3 Å². The molecule has 0 bridgehead atoms. The van der Waals surface area contributed by atoms with Crippen LogP contribution in [0.15, 0.2) is 53.6 Å². The number of aromatic amines is 1. The zero-order valence-corrected chi connectivity index (χ0v) is 20.0. The van der Waals surface area contributed by atoms with E-state index < -0.39 is 48.9 Å². The smallest absolute Gasteiger partial charge is 0.287 e. The third-order valence-electron chi connectivity index (χ3n) is 5.04. The van der Waals surface area contributed by atoms with Gasteiger partial charge in [-0.25, -0.2) is 27.3 Å². The van der Waals surface area contributed by atoms with E-state index in [0.29, 0.717) is 11.1 Å². The van der Waals surface area contributed by atoms with Crippen LogP contribution in [0.25, 0.3) is 22.2 Å². The van der Waals surface area contributed by atoms with Crippen molar-refractivity contribution in [2.24, 2.45) is 5.14 Å². The summed E-state index contributed by atoms with van der Waals surface area (Å²) >= 11 is 0. The van der Waals surface area contributed by atoms with E-state index in [1.54, 1.807) is 0 Å². The molecule has 2 aromatic heterocycles. The molecule has 36 heavy (non-hydrogen) atoms. The largest absolute Gasteiger partial charge is 0.299 e. The van der Waals surface area contributed by atoms with Gasteiger partial charge in [0.2, 0.25) is 15.8 Å². The summed E-state index contributed by atoms with van der Waals surface area (Å²) in [6.07, 6.45) is 1.43. The monoisotopic (exact) mass is 536 g/mol. The Morgan fingerprint density at radius 3 is 2.39 bits per heavy atom. The first-order valence-electron chi connectivity index (χ1n) is 10.2. The maximum Gasteiger partial charge on any atom is 0.299 e. The predicted octanol–water partition coefficient (Wildman–Crippen LogP) is 2.05. The van der Waals surface area contributed by atoms with Crippen molar-refractivity contribution in [3.63, 3.8) is 0 Å². The van der Waals surface area contributed by atoms with Crippen molar-refractivity contribution in [1.29, 1.82) is 0 Å². The van der Waals surface area contributed by atoms with Gasteiger partial charge in [-0.05, 0) is 35.9 Å². The van der Waals surface area contributed by atoms with Gasteiger partial charge in [0.1, 0.15) is 11.5 Å². The number of rotatable bonds is 8. The molecule has 0 radical (unpaired) electrons. The van der Waals surface area contributed by atoms with Crippen molar-refractivity contribution in [3.05, 3.63) is 71.6 Å². The van der Waals surface area contributed by atoms with Crippen molar-refractivity contribution in [1.82, 2.24) is 19.9 Å². The lowest BCUT2D eigenvalue weighted by Gasteiger charge is -2.11. The van der Waals surface area contributed by atoms with E-state index in [-0.39, 0.29) is 28.2 Å². The number of hydrogen-bond acceptors (Lipinski definition) is 7. The Kier molecular flexibility index (Phi) is 6.57. The number of nitrogens with zero attached hydrogens (tertiary/aromatic N) is 2. The Labute approximate surface area is 204 Å². The first kappa shape index (κ1) is 25.3. The molecular formula is C21H18F2N6O5S2.